The van der Waals surface area contributed by atoms with Crippen molar-refractivity contribution in [3.63, 3.8) is 0 Å². The molecule has 0 spiro atoms. The van der Waals surface area contributed by atoms with Crippen molar-refractivity contribution in [3.05, 3.63) is 40.7 Å². The highest BCUT2D eigenvalue weighted by atomic mass is 32.1. The van der Waals surface area contributed by atoms with Crippen LogP contribution < -0.4 is 4.74 Å². The Morgan fingerprint density at radius 2 is 1.87 bits per heavy atom. The first-order chi connectivity index (χ1) is 11.2. The van der Waals surface area contributed by atoms with E-state index in [0.29, 0.717) is 0 Å². The molecule has 0 unspecified atom stereocenters. The zero-order valence-electron chi connectivity index (χ0n) is 13.7. The average molecular weight is 331 g/mol. The summed E-state index contributed by atoms with van der Waals surface area (Å²) in [4.78, 5) is 3.16. The van der Waals surface area contributed by atoms with Crippen molar-refractivity contribution in [2.24, 2.45) is 0 Å². The van der Waals surface area contributed by atoms with E-state index in [9.17, 15) is 0 Å². The number of hydrogen-bond donors (Lipinski definition) is 0. The summed E-state index contributed by atoms with van der Waals surface area (Å²) in [6.07, 6.45) is 0.794. The van der Waals surface area contributed by atoms with E-state index < -0.39 is 0 Å². The molecule has 3 aromatic rings. The van der Waals surface area contributed by atoms with Gasteiger partial charge in [-0.15, -0.1) is 10.2 Å². The second kappa shape index (κ2) is 7.06. The van der Waals surface area contributed by atoms with Gasteiger partial charge in [0.2, 0.25) is 4.96 Å². The van der Waals surface area contributed by atoms with Crippen LogP contribution in [0.5, 0.6) is 5.75 Å². The monoisotopic (exact) mass is 331 g/mol. The molecule has 0 aliphatic heterocycles. The lowest BCUT2D eigenvalue weighted by Crippen LogP contribution is -2.23. The number of fused-ring (bicyclic) bond motifs is 1. The van der Waals surface area contributed by atoms with Crippen LogP contribution in [-0.2, 0) is 13.0 Å². The lowest BCUT2D eigenvalue weighted by Gasteiger charge is -2.15. The zero-order valence-corrected chi connectivity index (χ0v) is 14.5. The van der Waals surface area contributed by atoms with Gasteiger partial charge in [0, 0.05) is 6.42 Å². The van der Waals surface area contributed by atoms with E-state index in [1.165, 1.54) is 5.56 Å². The molecule has 0 bridgehead atoms. The molecule has 0 N–H and O–H groups in total. The predicted octanol–water partition coefficient (Wildman–Crippen LogP) is 2.63. The first kappa shape index (κ1) is 15.9. The number of nitrogens with zero attached hydrogens (tertiary/aromatic N) is 5. The average Bonchev–Trinajstić information content (AvgIpc) is 3.14. The van der Waals surface area contributed by atoms with E-state index in [4.69, 9.17) is 4.74 Å². The number of methoxy groups -OCH3 is 1. The minimum absolute atomic E-state index is 0.778. The Bertz CT molecular complexity index is 760. The maximum absolute atomic E-state index is 5.19. The molecule has 122 valence electrons. The number of ether oxygens (including phenoxy) is 1. The van der Waals surface area contributed by atoms with Crippen LogP contribution in [0, 0.1) is 0 Å². The fourth-order valence-electron chi connectivity index (χ4n) is 2.43. The third kappa shape index (κ3) is 3.51. The molecular formula is C16H21N5OS. The van der Waals surface area contributed by atoms with Gasteiger partial charge in [0.1, 0.15) is 10.8 Å². The summed E-state index contributed by atoms with van der Waals surface area (Å²) < 4.78 is 7.07. The highest BCUT2D eigenvalue weighted by Crippen LogP contribution is 2.19. The second-order valence-electron chi connectivity index (χ2n) is 5.29. The fraction of sp³-hybridized carbons (Fsp3) is 0.438. The van der Waals surface area contributed by atoms with Crippen molar-refractivity contribution in [3.8, 4) is 5.75 Å². The van der Waals surface area contributed by atoms with E-state index >= 15 is 0 Å². The van der Waals surface area contributed by atoms with Crippen LogP contribution in [0.3, 0.4) is 0 Å². The Morgan fingerprint density at radius 3 is 2.52 bits per heavy atom. The summed E-state index contributed by atoms with van der Waals surface area (Å²) in [5.41, 5.74) is 1.21. The van der Waals surface area contributed by atoms with Gasteiger partial charge in [-0.3, -0.25) is 4.90 Å². The Balaban J connectivity index is 1.78. The largest absolute Gasteiger partial charge is 0.497 e. The molecule has 1 aromatic carbocycles. The minimum atomic E-state index is 0.778. The van der Waals surface area contributed by atoms with Gasteiger partial charge in [-0.05, 0) is 30.8 Å². The number of aromatic nitrogens is 4. The molecule has 0 saturated heterocycles. The van der Waals surface area contributed by atoms with Crippen molar-refractivity contribution in [1.82, 2.24) is 24.7 Å². The van der Waals surface area contributed by atoms with Crippen LogP contribution >= 0.6 is 11.3 Å². The summed E-state index contributed by atoms with van der Waals surface area (Å²) in [7, 11) is 1.68. The van der Waals surface area contributed by atoms with Crippen molar-refractivity contribution in [1.29, 1.82) is 0 Å². The summed E-state index contributed by atoms with van der Waals surface area (Å²) in [6.45, 7) is 7.07. The van der Waals surface area contributed by atoms with Crippen LogP contribution in [-0.4, -0.2) is 44.9 Å². The summed E-state index contributed by atoms with van der Waals surface area (Å²) in [6, 6.07) is 8.08. The minimum Gasteiger partial charge on any atom is -0.497 e. The van der Waals surface area contributed by atoms with Gasteiger partial charge in [0.25, 0.3) is 0 Å². The normalized spacial score (nSPS) is 11.5. The van der Waals surface area contributed by atoms with Crippen LogP contribution in [0.15, 0.2) is 24.3 Å². The van der Waals surface area contributed by atoms with E-state index in [0.717, 1.165) is 47.6 Å². The van der Waals surface area contributed by atoms with Crippen molar-refractivity contribution in [2.75, 3.05) is 20.2 Å². The Hall–Kier alpha value is -1.99. The van der Waals surface area contributed by atoms with Gasteiger partial charge in [0.15, 0.2) is 5.82 Å². The Kier molecular flexibility index (Phi) is 4.88. The van der Waals surface area contributed by atoms with Gasteiger partial charge in [-0.2, -0.15) is 9.61 Å². The van der Waals surface area contributed by atoms with Crippen molar-refractivity contribution < 1.29 is 4.74 Å². The predicted molar refractivity (Wildman–Crippen MR) is 91.1 cm³/mol. The summed E-state index contributed by atoms with van der Waals surface area (Å²) in [5, 5.41) is 14.2. The molecule has 0 radical (unpaired) electrons. The Labute approximate surface area is 139 Å². The van der Waals surface area contributed by atoms with Gasteiger partial charge >= 0.3 is 0 Å². The highest BCUT2D eigenvalue weighted by molar-refractivity contribution is 7.16. The number of rotatable bonds is 7. The molecule has 23 heavy (non-hydrogen) atoms. The number of hydrogen-bond acceptors (Lipinski definition) is 6. The molecule has 7 heteroatoms. The quantitative estimate of drug-likeness (QED) is 0.666. The molecular weight excluding hydrogens is 310 g/mol. The maximum atomic E-state index is 5.19. The standard InChI is InChI=1S/C16H21N5OS/c1-4-20(5-2)11-14-17-18-16-21(14)19-15(23-16)10-12-6-8-13(22-3)9-7-12/h6-9H,4-5,10-11H2,1-3H3. The van der Waals surface area contributed by atoms with Crippen molar-refractivity contribution >= 4 is 16.3 Å². The molecule has 0 aliphatic rings. The van der Waals surface area contributed by atoms with Crippen LogP contribution in [0.2, 0.25) is 0 Å². The summed E-state index contributed by atoms with van der Waals surface area (Å²) >= 11 is 1.59. The zero-order chi connectivity index (χ0) is 16.2. The van der Waals surface area contributed by atoms with E-state index in [1.54, 1.807) is 18.4 Å². The molecule has 3 rings (SSSR count). The first-order valence-corrected chi connectivity index (χ1v) is 8.60. The molecule has 2 heterocycles. The van der Waals surface area contributed by atoms with Gasteiger partial charge in [-0.1, -0.05) is 37.3 Å². The maximum Gasteiger partial charge on any atom is 0.234 e. The number of benzene rings is 1. The molecule has 0 aliphatic carbocycles. The third-order valence-corrected chi connectivity index (χ3v) is 4.77. The Morgan fingerprint density at radius 1 is 1.13 bits per heavy atom. The fourth-order valence-corrected chi connectivity index (χ4v) is 3.32. The van der Waals surface area contributed by atoms with Gasteiger partial charge in [-0.25, -0.2) is 0 Å². The van der Waals surface area contributed by atoms with E-state index in [2.05, 4.69) is 46.2 Å². The third-order valence-electron chi connectivity index (χ3n) is 3.87. The lowest BCUT2D eigenvalue weighted by atomic mass is 10.1. The first-order valence-electron chi connectivity index (χ1n) is 7.78. The van der Waals surface area contributed by atoms with Gasteiger partial charge < -0.3 is 4.74 Å². The van der Waals surface area contributed by atoms with Crippen molar-refractivity contribution in [2.45, 2.75) is 26.8 Å². The van der Waals surface area contributed by atoms with Crippen LogP contribution in [0.1, 0.15) is 30.2 Å². The van der Waals surface area contributed by atoms with Gasteiger partial charge in [0.05, 0.1) is 13.7 Å². The molecule has 0 amide bonds. The smallest absolute Gasteiger partial charge is 0.234 e. The van der Waals surface area contributed by atoms with Crippen LogP contribution in [0.4, 0.5) is 0 Å². The SMILES string of the molecule is CCN(CC)Cc1nnc2sc(Cc3ccc(OC)cc3)nn12. The van der Waals surface area contributed by atoms with E-state index in [-0.39, 0.29) is 0 Å². The summed E-state index contributed by atoms with van der Waals surface area (Å²) in [5.74, 6) is 1.77. The lowest BCUT2D eigenvalue weighted by molar-refractivity contribution is 0.286. The van der Waals surface area contributed by atoms with Crippen LogP contribution in [0.25, 0.3) is 4.96 Å². The molecule has 0 saturated carbocycles. The molecule has 2 aromatic heterocycles. The highest BCUT2D eigenvalue weighted by Gasteiger charge is 2.14. The second-order valence-corrected chi connectivity index (χ2v) is 6.33. The molecule has 0 atom stereocenters. The van der Waals surface area contributed by atoms with E-state index in [1.807, 2.05) is 16.6 Å². The topological polar surface area (TPSA) is 55.5 Å². The molecule has 6 nitrogen and oxygen atoms in total. The molecule has 0 fully saturated rings.